The molecule has 0 aliphatic rings. The molecule has 2 N–H and O–H groups in total. The van der Waals surface area contributed by atoms with Gasteiger partial charge in [0.1, 0.15) is 0 Å². The second-order valence-electron chi connectivity index (χ2n) is 4.69. The van der Waals surface area contributed by atoms with E-state index in [4.69, 9.17) is 11.6 Å². The van der Waals surface area contributed by atoms with E-state index in [1.807, 2.05) is 38.1 Å². The standard InChI is InChI=1S/C13H20ClNO/c1-13(2,16)8-10-15-9-7-11-3-5-12(14)6-4-11/h3-6,15-16H,7-10H2,1-2H3. The van der Waals surface area contributed by atoms with E-state index in [1.165, 1.54) is 5.56 Å². The number of benzene rings is 1. The molecule has 0 spiro atoms. The first-order valence-electron chi connectivity index (χ1n) is 5.65. The Morgan fingerprint density at radius 2 is 1.81 bits per heavy atom. The Hall–Kier alpha value is -0.570. The molecule has 0 saturated carbocycles. The topological polar surface area (TPSA) is 32.3 Å². The fourth-order valence-corrected chi connectivity index (χ4v) is 1.53. The molecule has 90 valence electrons. The molecule has 0 radical (unpaired) electrons. The summed E-state index contributed by atoms with van der Waals surface area (Å²) in [5.41, 5.74) is 0.702. The highest BCUT2D eigenvalue weighted by molar-refractivity contribution is 6.30. The second-order valence-corrected chi connectivity index (χ2v) is 5.13. The van der Waals surface area contributed by atoms with Gasteiger partial charge in [-0.15, -0.1) is 0 Å². The highest BCUT2D eigenvalue weighted by atomic mass is 35.5. The Bertz CT molecular complexity index is 303. The second kappa shape index (κ2) is 6.24. The molecular weight excluding hydrogens is 222 g/mol. The van der Waals surface area contributed by atoms with Gasteiger partial charge in [-0.1, -0.05) is 23.7 Å². The zero-order valence-electron chi connectivity index (χ0n) is 9.96. The zero-order chi connectivity index (χ0) is 12.0. The summed E-state index contributed by atoms with van der Waals surface area (Å²) in [6.45, 7) is 5.43. The first-order chi connectivity index (χ1) is 7.47. The highest BCUT2D eigenvalue weighted by Gasteiger charge is 2.10. The van der Waals surface area contributed by atoms with Crippen molar-refractivity contribution in [2.75, 3.05) is 13.1 Å². The third kappa shape index (κ3) is 6.11. The van der Waals surface area contributed by atoms with Gasteiger partial charge in [-0.2, -0.15) is 0 Å². The summed E-state index contributed by atoms with van der Waals surface area (Å²) in [6.07, 6.45) is 1.76. The van der Waals surface area contributed by atoms with E-state index in [0.29, 0.717) is 0 Å². The van der Waals surface area contributed by atoms with Gasteiger partial charge in [0.05, 0.1) is 5.60 Å². The third-order valence-electron chi connectivity index (χ3n) is 2.42. The molecule has 0 heterocycles. The molecule has 2 nitrogen and oxygen atoms in total. The van der Waals surface area contributed by atoms with Crippen LogP contribution in [0.2, 0.25) is 5.02 Å². The molecule has 1 aromatic carbocycles. The van der Waals surface area contributed by atoms with E-state index in [1.54, 1.807) is 0 Å². The number of nitrogens with one attached hydrogen (secondary N) is 1. The van der Waals surface area contributed by atoms with Crippen molar-refractivity contribution in [3.63, 3.8) is 0 Å². The van der Waals surface area contributed by atoms with Crippen LogP contribution >= 0.6 is 11.6 Å². The fourth-order valence-electron chi connectivity index (χ4n) is 1.40. The van der Waals surface area contributed by atoms with Crippen LogP contribution in [0.5, 0.6) is 0 Å². The molecule has 0 bridgehead atoms. The zero-order valence-corrected chi connectivity index (χ0v) is 10.7. The molecular formula is C13H20ClNO. The largest absolute Gasteiger partial charge is 0.390 e. The summed E-state index contributed by atoms with van der Waals surface area (Å²) in [5, 5.41) is 13.6. The monoisotopic (exact) mass is 241 g/mol. The number of hydrogen-bond donors (Lipinski definition) is 2. The Morgan fingerprint density at radius 1 is 1.19 bits per heavy atom. The Labute approximate surface area is 103 Å². The summed E-state index contributed by atoms with van der Waals surface area (Å²) in [4.78, 5) is 0. The van der Waals surface area contributed by atoms with Crippen LogP contribution < -0.4 is 5.32 Å². The summed E-state index contributed by atoms with van der Waals surface area (Å²) in [6, 6.07) is 7.90. The van der Waals surface area contributed by atoms with Crippen molar-refractivity contribution < 1.29 is 5.11 Å². The van der Waals surface area contributed by atoms with Gasteiger partial charge >= 0.3 is 0 Å². The van der Waals surface area contributed by atoms with Crippen LogP contribution in [0.1, 0.15) is 25.8 Å². The maximum atomic E-state index is 9.51. The minimum atomic E-state index is -0.576. The van der Waals surface area contributed by atoms with Crippen molar-refractivity contribution in [1.82, 2.24) is 5.32 Å². The Balaban J connectivity index is 2.14. The number of rotatable bonds is 6. The van der Waals surface area contributed by atoms with Crippen LogP contribution in [0.25, 0.3) is 0 Å². The Kier molecular flexibility index (Phi) is 5.26. The average molecular weight is 242 g/mol. The van der Waals surface area contributed by atoms with Crippen molar-refractivity contribution in [2.45, 2.75) is 32.3 Å². The van der Waals surface area contributed by atoms with Crippen molar-refractivity contribution in [3.8, 4) is 0 Å². The van der Waals surface area contributed by atoms with Gasteiger partial charge in [0, 0.05) is 5.02 Å². The third-order valence-corrected chi connectivity index (χ3v) is 2.67. The predicted octanol–water partition coefficient (Wildman–Crippen LogP) is 2.63. The molecule has 0 atom stereocenters. The minimum Gasteiger partial charge on any atom is -0.390 e. The van der Waals surface area contributed by atoms with E-state index in [-0.39, 0.29) is 0 Å². The van der Waals surface area contributed by atoms with Gasteiger partial charge in [0.2, 0.25) is 0 Å². The van der Waals surface area contributed by atoms with Crippen LogP contribution in [0.15, 0.2) is 24.3 Å². The molecule has 0 aliphatic heterocycles. The first-order valence-corrected chi connectivity index (χ1v) is 6.03. The first kappa shape index (κ1) is 13.5. The number of aliphatic hydroxyl groups is 1. The summed E-state index contributed by atoms with van der Waals surface area (Å²) >= 11 is 5.80. The van der Waals surface area contributed by atoms with E-state index in [0.717, 1.165) is 31.0 Å². The van der Waals surface area contributed by atoms with E-state index in [2.05, 4.69) is 5.32 Å². The number of hydrogen-bond acceptors (Lipinski definition) is 2. The van der Waals surface area contributed by atoms with Crippen LogP contribution in [0.4, 0.5) is 0 Å². The Morgan fingerprint density at radius 3 is 2.38 bits per heavy atom. The maximum Gasteiger partial charge on any atom is 0.0603 e. The lowest BCUT2D eigenvalue weighted by molar-refractivity contribution is 0.0713. The molecule has 0 aromatic heterocycles. The molecule has 1 rings (SSSR count). The molecule has 0 aliphatic carbocycles. The number of halogens is 1. The summed E-state index contributed by atoms with van der Waals surface area (Å²) < 4.78 is 0. The van der Waals surface area contributed by atoms with Crippen molar-refractivity contribution in [2.24, 2.45) is 0 Å². The minimum absolute atomic E-state index is 0.576. The SMILES string of the molecule is CC(C)(O)CCNCCc1ccc(Cl)cc1. The highest BCUT2D eigenvalue weighted by Crippen LogP contribution is 2.09. The molecule has 0 unspecified atom stereocenters. The molecule has 0 amide bonds. The van der Waals surface area contributed by atoms with Gasteiger partial charge in [-0.05, 0) is 57.5 Å². The van der Waals surface area contributed by atoms with Crippen molar-refractivity contribution in [1.29, 1.82) is 0 Å². The molecule has 0 saturated heterocycles. The van der Waals surface area contributed by atoms with Crippen LogP contribution in [-0.4, -0.2) is 23.8 Å². The molecule has 3 heteroatoms. The van der Waals surface area contributed by atoms with Crippen molar-refractivity contribution in [3.05, 3.63) is 34.9 Å². The van der Waals surface area contributed by atoms with Gasteiger partial charge < -0.3 is 10.4 Å². The quantitative estimate of drug-likeness (QED) is 0.751. The van der Waals surface area contributed by atoms with E-state index < -0.39 is 5.60 Å². The predicted molar refractivity (Wildman–Crippen MR) is 68.9 cm³/mol. The van der Waals surface area contributed by atoms with Crippen LogP contribution in [0, 0.1) is 0 Å². The normalized spacial score (nSPS) is 11.8. The molecule has 0 fully saturated rings. The molecule has 16 heavy (non-hydrogen) atoms. The van der Waals surface area contributed by atoms with Crippen LogP contribution in [0.3, 0.4) is 0 Å². The average Bonchev–Trinajstić information content (AvgIpc) is 2.19. The lowest BCUT2D eigenvalue weighted by Crippen LogP contribution is -2.27. The summed E-state index contributed by atoms with van der Waals surface area (Å²) in [5.74, 6) is 0. The van der Waals surface area contributed by atoms with Gasteiger partial charge in [0.25, 0.3) is 0 Å². The fraction of sp³-hybridized carbons (Fsp3) is 0.538. The maximum absolute atomic E-state index is 9.51. The van der Waals surface area contributed by atoms with Crippen molar-refractivity contribution >= 4 is 11.6 Å². The smallest absolute Gasteiger partial charge is 0.0603 e. The molecule has 1 aromatic rings. The van der Waals surface area contributed by atoms with Gasteiger partial charge in [0.15, 0.2) is 0 Å². The van der Waals surface area contributed by atoms with E-state index in [9.17, 15) is 5.11 Å². The lowest BCUT2D eigenvalue weighted by atomic mass is 10.1. The summed E-state index contributed by atoms with van der Waals surface area (Å²) in [7, 11) is 0. The van der Waals surface area contributed by atoms with Gasteiger partial charge in [-0.25, -0.2) is 0 Å². The van der Waals surface area contributed by atoms with Gasteiger partial charge in [-0.3, -0.25) is 0 Å². The van der Waals surface area contributed by atoms with Crippen LogP contribution in [-0.2, 0) is 6.42 Å². The lowest BCUT2D eigenvalue weighted by Gasteiger charge is -2.16. The van der Waals surface area contributed by atoms with E-state index >= 15 is 0 Å².